The lowest BCUT2D eigenvalue weighted by molar-refractivity contribution is -0.190. The van der Waals surface area contributed by atoms with Gasteiger partial charge in [0.2, 0.25) is 5.91 Å². The zero-order valence-electron chi connectivity index (χ0n) is 12.3. The smallest absolute Gasteiger partial charge is 0.384 e. The summed E-state index contributed by atoms with van der Waals surface area (Å²) in [5, 5.41) is 3.18. The molecule has 2 heterocycles. The van der Waals surface area contributed by atoms with Crippen molar-refractivity contribution in [3.8, 4) is 0 Å². The topological polar surface area (TPSA) is 41.6 Å². The highest BCUT2D eigenvalue weighted by Crippen LogP contribution is 2.37. The minimum absolute atomic E-state index is 0.117. The fraction of sp³-hybridized carbons (Fsp3) is 0.929. The molecule has 1 N–H and O–H groups in total. The predicted molar refractivity (Wildman–Crippen MR) is 71.8 cm³/mol. The van der Waals surface area contributed by atoms with Crippen LogP contribution in [0.1, 0.15) is 25.7 Å². The molecule has 4 nitrogen and oxygen atoms in total. The van der Waals surface area contributed by atoms with Crippen molar-refractivity contribution in [2.45, 2.75) is 31.9 Å². The lowest BCUT2D eigenvalue weighted by Crippen LogP contribution is -2.54. The quantitative estimate of drug-likeness (QED) is 0.864. The van der Waals surface area contributed by atoms with Gasteiger partial charge < -0.3 is 15.0 Å². The minimum atomic E-state index is -4.22. The Hall–Kier alpha value is -0.820. The highest BCUT2D eigenvalue weighted by Gasteiger charge is 2.47. The summed E-state index contributed by atoms with van der Waals surface area (Å²) in [5.74, 6) is -1.56. The van der Waals surface area contributed by atoms with E-state index in [0.717, 1.165) is 0 Å². The number of likely N-dealkylation sites (tertiary alicyclic amines) is 1. The van der Waals surface area contributed by atoms with E-state index in [1.807, 2.05) is 0 Å². The first kappa shape index (κ1) is 16.5. The molecule has 0 saturated carbocycles. The fourth-order valence-electron chi connectivity index (χ4n) is 3.37. The lowest BCUT2D eigenvalue weighted by Gasteiger charge is -2.42. The van der Waals surface area contributed by atoms with Gasteiger partial charge in [0, 0.05) is 20.2 Å². The second kappa shape index (κ2) is 6.52. The summed E-state index contributed by atoms with van der Waals surface area (Å²) in [4.78, 5) is 14.2. The molecule has 1 atom stereocenters. The van der Waals surface area contributed by atoms with Crippen LogP contribution >= 0.6 is 0 Å². The second-order valence-electron chi connectivity index (χ2n) is 6.10. The fourth-order valence-corrected chi connectivity index (χ4v) is 3.37. The first-order valence-corrected chi connectivity index (χ1v) is 7.45. The van der Waals surface area contributed by atoms with Gasteiger partial charge in [0.1, 0.15) is 0 Å². The Morgan fingerprint density at radius 3 is 2.62 bits per heavy atom. The van der Waals surface area contributed by atoms with Crippen LogP contribution in [-0.4, -0.2) is 56.9 Å². The number of halogens is 3. The number of alkyl halides is 3. The van der Waals surface area contributed by atoms with Gasteiger partial charge in [-0.1, -0.05) is 0 Å². The molecule has 0 aromatic carbocycles. The monoisotopic (exact) mass is 308 g/mol. The zero-order valence-corrected chi connectivity index (χ0v) is 12.3. The average Bonchev–Trinajstić information content (AvgIpc) is 2.47. The second-order valence-corrected chi connectivity index (χ2v) is 6.10. The van der Waals surface area contributed by atoms with E-state index < -0.39 is 17.5 Å². The van der Waals surface area contributed by atoms with Crippen LogP contribution in [0.3, 0.4) is 0 Å². The molecule has 0 aromatic heterocycles. The molecule has 122 valence electrons. The average molecular weight is 308 g/mol. The van der Waals surface area contributed by atoms with Crippen LogP contribution < -0.4 is 5.32 Å². The lowest BCUT2D eigenvalue weighted by atomic mass is 9.77. The number of piperidine rings is 2. The van der Waals surface area contributed by atoms with Crippen LogP contribution in [0.5, 0.6) is 0 Å². The molecule has 7 heteroatoms. The number of carbonyl (C=O) groups is 1. The van der Waals surface area contributed by atoms with E-state index >= 15 is 0 Å². The third-order valence-electron chi connectivity index (χ3n) is 4.61. The van der Waals surface area contributed by atoms with E-state index in [0.29, 0.717) is 38.9 Å². The molecule has 0 aromatic rings. The number of ether oxygens (including phenoxy) is 1. The molecule has 0 aliphatic carbocycles. The molecule has 2 aliphatic heterocycles. The van der Waals surface area contributed by atoms with E-state index in [2.05, 4.69) is 5.32 Å². The molecular weight excluding hydrogens is 285 g/mol. The van der Waals surface area contributed by atoms with Crippen LogP contribution in [0.4, 0.5) is 13.2 Å². The highest BCUT2D eigenvalue weighted by atomic mass is 19.4. The van der Waals surface area contributed by atoms with Gasteiger partial charge in [0.05, 0.1) is 17.9 Å². The third kappa shape index (κ3) is 3.69. The Balaban J connectivity index is 2.09. The van der Waals surface area contributed by atoms with Crippen molar-refractivity contribution in [3.05, 3.63) is 0 Å². The van der Waals surface area contributed by atoms with Crippen LogP contribution in [-0.2, 0) is 9.53 Å². The molecule has 0 bridgehead atoms. The number of hydrogen-bond acceptors (Lipinski definition) is 3. The maximum absolute atomic E-state index is 12.9. The van der Waals surface area contributed by atoms with Crippen molar-refractivity contribution in [1.82, 2.24) is 10.2 Å². The Morgan fingerprint density at radius 1 is 1.38 bits per heavy atom. The highest BCUT2D eigenvalue weighted by molar-refractivity contribution is 5.83. The SMILES string of the molecule is COCC1(C(=O)N2CCCC(C(F)(F)F)C2)CCNCC1. The van der Waals surface area contributed by atoms with E-state index in [1.54, 1.807) is 0 Å². The molecule has 2 saturated heterocycles. The Morgan fingerprint density at radius 2 is 2.05 bits per heavy atom. The minimum Gasteiger partial charge on any atom is -0.384 e. The van der Waals surface area contributed by atoms with Crippen molar-refractivity contribution < 1.29 is 22.7 Å². The summed E-state index contributed by atoms with van der Waals surface area (Å²) in [7, 11) is 1.53. The summed E-state index contributed by atoms with van der Waals surface area (Å²) in [5.41, 5.74) is -0.659. The van der Waals surface area contributed by atoms with Gasteiger partial charge in [-0.05, 0) is 38.8 Å². The van der Waals surface area contributed by atoms with Gasteiger partial charge in [-0.15, -0.1) is 0 Å². The van der Waals surface area contributed by atoms with Gasteiger partial charge in [-0.25, -0.2) is 0 Å². The van der Waals surface area contributed by atoms with Gasteiger partial charge in [0.15, 0.2) is 0 Å². The van der Waals surface area contributed by atoms with Crippen LogP contribution in [0, 0.1) is 11.3 Å². The number of rotatable bonds is 3. The zero-order chi connectivity index (χ0) is 15.5. The number of hydrogen-bond donors (Lipinski definition) is 1. The summed E-state index contributed by atoms with van der Waals surface area (Å²) in [6.07, 6.45) is -2.45. The van der Waals surface area contributed by atoms with Crippen molar-refractivity contribution in [2.24, 2.45) is 11.3 Å². The Labute approximate surface area is 123 Å². The number of amides is 1. The van der Waals surface area contributed by atoms with Crippen molar-refractivity contribution >= 4 is 5.91 Å². The van der Waals surface area contributed by atoms with E-state index in [1.165, 1.54) is 12.0 Å². The molecule has 1 amide bonds. The normalized spacial score (nSPS) is 26.7. The predicted octanol–water partition coefficient (Wildman–Crippen LogP) is 1.80. The maximum atomic E-state index is 12.9. The standard InChI is InChI=1S/C14H23F3N2O2/c1-21-10-13(4-6-18-7-5-13)12(20)19-8-2-3-11(9-19)14(15,16)17/h11,18H,2-10H2,1H3. The molecular formula is C14H23F3N2O2. The van der Waals surface area contributed by atoms with Gasteiger partial charge in [0.25, 0.3) is 0 Å². The van der Waals surface area contributed by atoms with Crippen molar-refractivity contribution in [1.29, 1.82) is 0 Å². The molecule has 0 spiro atoms. The number of nitrogens with zero attached hydrogens (tertiary/aromatic N) is 1. The van der Waals surface area contributed by atoms with Crippen molar-refractivity contribution in [2.75, 3.05) is 39.9 Å². The van der Waals surface area contributed by atoms with Gasteiger partial charge >= 0.3 is 6.18 Å². The summed E-state index contributed by atoms with van der Waals surface area (Å²) < 4.78 is 43.9. The Kier molecular flexibility index (Phi) is 5.14. The summed E-state index contributed by atoms with van der Waals surface area (Å²) in [6.45, 7) is 1.89. The summed E-state index contributed by atoms with van der Waals surface area (Å²) in [6, 6.07) is 0. The molecule has 0 radical (unpaired) electrons. The van der Waals surface area contributed by atoms with Gasteiger partial charge in [-0.2, -0.15) is 13.2 Å². The number of methoxy groups -OCH3 is 1. The van der Waals surface area contributed by atoms with Crippen LogP contribution in [0.25, 0.3) is 0 Å². The molecule has 2 fully saturated rings. The van der Waals surface area contributed by atoms with E-state index in [9.17, 15) is 18.0 Å². The van der Waals surface area contributed by atoms with E-state index in [-0.39, 0.29) is 25.5 Å². The Bertz CT molecular complexity index is 362. The third-order valence-corrected chi connectivity index (χ3v) is 4.61. The van der Waals surface area contributed by atoms with E-state index in [4.69, 9.17) is 4.74 Å². The molecule has 2 aliphatic rings. The van der Waals surface area contributed by atoms with Crippen molar-refractivity contribution in [3.63, 3.8) is 0 Å². The first-order chi connectivity index (χ1) is 9.89. The summed E-state index contributed by atoms with van der Waals surface area (Å²) >= 11 is 0. The first-order valence-electron chi connectivity index (χ1n) is 7.45. The maximum Gasteiger partial charge on any atom is 0.393 e. The molecule has 2 rings (SSSR count). The number of carbonyl (C=O) groups excluding carboxylic acids is 1. The molecule has 21 heavy (non-hydrogen) atoms. The largest absolute Gasteiger partial charge is 0.393 e. The van der Waals surface area contributed by atoms with Gasteiger partial charge in [-0.3, -0.25) is 4.79 Å². The number of nitrogens with one attached hydrogen (secondary N) is 1. The van der Waals surface area contributed by atoms with Crippen LogP contribution in [0.2, 0.25) is 0 Å². The molecule has 1 unspecified atom stereocenters. The van der Waals surface area contributed by atoms with Crippen LogP contribution in [0.15, 0.2) is 0 Å².